The van der Waals surface area contributed by atoms with E-state index in [1.54, 1.807) is 12.1 Å². The van der Waals surface area contributed by atoms with Gasteiger partial charge in [0.2, 0.25) is 0 Å². The summed E-state index contributed by atoms with van der Waals surface area (Å²) in [5, 5.41) is 18.1. The van der Waals surface area contributed by atoms with Crippen LogP contribution in [0.2, 0.25) is 0 Å². The Kier molecular flexibility index (Phi) is 4.21. The van der Waals surface area contributed by atoms with Crippen molar-refractivity contribution in [1.82, 2.24) is 0 Å². The smallest absolute Gasteiger partial charge is 0.143 e. The van der Waals surface area contributed by atoms with Crippen LogP contribution in [-0.4, -0.2) is 16.5 Å². The van der Waals surface area contributed by atoms with E-state index in [4.69, 9.17) is 10.2 Å². The number of carbonyl (C=O) groups is 1. The van der Waals surface area contributed by atoms with Gasteiger partial charge in [0.05, 0.1) is 13.2 Å². The SMILES string of the molecule is CC(=CC=O)c1ccc(CO)c(CO)c1. The summed E-state index contributed by atoms with van der Waals surface area (Å²) in [6.45, 7) is 1.62. The third-order valence-corrected chi connectivity index (χ3v) is 2.32. The molecule has 0 radical (unpaired) electrons. The van der Waals surface area contributed by atoms with Gasteiger partial charge in [-0.05, 0) is 41.3 Å². The minimum atomic E-state index is -0.113. The summed E-state index contributed by atoms with van der Waals surface area (Å²) in [7, 11) is 0. The van der Waals surface area contributed by atoms with Crippen molar-refractivity contribution in [3.8, 4) is 0 Å². The van der Waals surface area contributed by atoms with E-state index in [0.29, 0.717) is 11.1 Å². The minimum absolute atomic E-state index is 0.0907. The van der Waals surface area contributed by atoms with Gasteiger partial charge < -0.3 is 10.2 Å². The molecule has 80 valence electrons. The second-order valence-electron chi connectivity index (χ2n) is 3.29. The Morgan fingerprint density at radius 3 is 2.47 bits per heavy atom. The van der Waals surface area contributed by atoms with Gasteiger partial charge in [-0.2, -0.15) is 0 Å². The number of aldehydes is 1. The maximum atomic E-state index is 10.3. The minimum Gasteiger partial charge on any atom is -0.392 e. The normalized spacial score (nSPS) is 11.5. The molecular weight excluding hydrogens is 192 g/mol. The highest BCUT2D eigenvalue weighted by Gasteiger charge is 2.03. The monoisotopic (exact) mass is 206 g/mol. The zero-order valence-electron chi connectivity index (χ0n) is 8.60. The van der Waals surface area contributed by atoms with Crippen LogP contribution in [-0.2, 0) is 18.0 Å². The predicted octanol–water partition coefficient (Wildman–Crippen LogP) is 1.27. The lowest BCUT2D eigenvalue weighted by Gasteiger charge is -2.07. The van der Waals surface area contributed by atoms with Crippen LogP contribution >= 0.6 is 0 Å². The van der Waals surface area contributed by atoms with Gasteiger partial charge in [0, 0.05) is 0 Å². The van der Waals surface area contributed by atoms with E-state index in [9.17, 15) is 4.79 Å². The molecule has 2 N–H and O–H groups in total. The van der Waals surface area contributed by atoms with Gasteiger partial charge in [-0.1, -0.05) is 12.1 Å². The molecule has 0 aliphatic carbocycles. The largest absolute Gasteiger partial charge is 0.392 e. The summed E-state index contributed by atoms with van der Waals surface area (Å²) < 4.78 is 0. The molecule has 1 aromatic carbocycles. The van der Waals surface area contributed by atoms with E-state index < -0.39 is 0 Å². The molecule has 1 rings (SSSR count). The van der Waals surface area contributed by atoms with Crippen molar-refractivity contribution >= 4 is 11.9 Å². The Hall–Kier alpha value is -1.45. The first-order chi connectivity index (χ1) is 7.22. The molecule has 0 bridgehead atoms. The van der Waals surface area contributed by atoms with Crippen LogP contribution in [0.5, 0.6) is 0 Å². The predicted molar refractivity (Wildman–Crippen MR) is 58.0 cm³/mol. The zero-order chi connectivity index (χ0) is 11.3. The number of aliphatic hydroxyl groups excluding tert-OH is 2. The van der Waals surface area contributed by atoms with Crippen molar-refractivity contribution in [3.05, 3.63) is 41.0 Å². The molecule has 0 amide bonds. The first-order valence-corrected chi connectivity index (χ1v) is 4.69. The fourth-order valence-corrected chi connectivity index (χ4v) is 1.37. The Morgan fingerprint density at radius 2 is 1.93 bits per heavy atom. The molecule has 0 atom stereocenters. The van der Waals surface area contributed by atoms with Crippen molar-refractivity contribution in [2.75, 3.05) is 0 Å². The topological polar surface area (TPSA) is 57.5 Å². The zero-order valence-corrected chi connectivity index (χ0v) is 8.60. The lowest BCUT2D eigenvalue weighted by atomic mass is 10.0. The summed E-state index contributed by atoms with van der Waals surface area (Å²) in [4.78, 5) is 10.3. The van der Waals surface area contributed by atoms with Gasteiger partial charge in [0.1, 0.15) is 6.29 Å². The third kappa shape index (κ3) is 2.75. The Labute approximate surface area is 88.7 Å². The van der Waals surface area contributed by atoms with Crippen LogP contribution in [0.1, 0.15) is 23.6 Å². The molecule has 0 saturated heterocycles. The summed E-state index contributed by atoms with van der Waals surface area (Å²) >= 11 is 0. The fourth-order valence-electron chi connectivity index (χ4n) is 1.37. The quantitative estimate of drug-likeness (QED) is 0.576. The molecule has 0 fully saturated rings. The average molecular weight is 206 g/mol. The fraction of sp³-hybridized carbons (Fsp3) is 0.250. The maximum absolute atomic E-state index is 10.3. The second kappa shape index (κ2) is 5.44. The molecule has 3 nitrogen and oxygen atoms in total. The van der Waals surface area contributed by atoms with Gasteiger partial charge in [0.25, 0.3) is 0 Å². The molecule has 0 heterocycles. The Balaban J connectivity index is 3.13. The summed E-state index contributed by atoms with van der Waals surface area (Å²) in [6.07, 6.45) is 2.20. The van der Waals surface area contributed by atoms with E-state index in [0.717, 1.165) is 17.4 Å². The summed E-state index contributed by atoms with van der Waals surface area (Å²) in [6, 6.07) is 5.35. The van der Waals surface area contributed by atoms with E-state index in [-0.39, 0.29) is 13.2 Å². The summed E-state index contributed by atoms with van der Waals surface area (Å²) in [5.41, 5.74) is 3.11. The molecule has 0 spiro atoms. The molecule has 0 unspecified atom stereocenters. The standard InChI is InChI=1S/C12H14O3/c1-9(4-5-13)10-2-3-11(7-14)12(6-10)8-15/h2-6,14-15H,7-8H2,1H3. The van der Waals surface area contributed by atoms with Crippen LogP contribution in [0.3, 0.4) is 0 Å². The highest BCUT2D eigenvalue weighted by atomic mass is 16.3. The van der Waals surface area contributed by atoms with Crippen LogP contribution in [0, 0.1) is 0 Å². The van der Waals surface area contributed by atoms with E-state index in [1.807, 2.05) is 13.0 Å². The number of hydrogen-bond donors (Lipinski definition) is 2. The second-order valence-corrected chi connectivity index (χ2v) is 3.29. The first-order valence-electron chi connectivity index (χ1n) is 4.69. The highest BCUT2D eigenvalue weighted by molar-refractivity contribution is 5.80. The number of carbonyl (C=O) groups excluding carboxylic acids is 1. The van der Waals surface area contributed by atoms with E-state index in [2.05, 4.69) is 0 Å². The van der Waals surface area contributed by atoms with Gasteiger partial charge >= 0.3 is 0 Å². The van der Waals surface area contributed by atoms with Crippen molar-refractivity contribution in [2.24, 2.45) is 0 Å². The van der Waals surface area contributed by atoms with Gasteiger partial charge in [-0.3, -0.25) is 4.79 Å². The molecule has 0 aliphatic heterocycles. The maximum Gasteiger partial charge on any atom is 0.143 e. The van der Waals surface area contributed by atoms with Crippen molar-refractivity contribution in [2.45, 2.75) is 20.1 Å². The number of rotatable bonds is 4. The van der Waals surface area contributed by atoms with Gasteiger partial charge in [0.15, 0.2) is 0 Å². The number of benzene rings is 1. The van der Waals surface area contributed by atoms with Crippen LogP contribution < -0.4 is 0 Å². The molecule has 15 heavy (non-hydrogen) atoms. The first kappa shape index (κ1) is 11.6. The van der Waals surface area contributed by atoms with Crippen LogP contribution in [0.25, 0.3) is 5.57 Å². The van der Waals surface area contributed by atoms with Crippen molar-refractivity contribution in [1.29, 1.82) is 0 Å². The van der Waals surface area contributed by atoms with Crippen molar-refractivity contribution < 1.29 is 15.0 Å². The molecule has 0 saturated carbocycles. The molecule has 3 heteroatoms. The Bertz CT molecular complexity index is 380. The van der Waals surface area contributed by atoms with Crippen LogP contribution in [0.4, 0.5) is 0 Å². The van der Waals surface area contributed by atoms with Gasteiger partial charge in [-0.15, -0.1) is 0 Å². The number of allylic oxidation sites excluding steroid dienone is 2. The van der Waals surface area contributed by atoms with Gasteiger partial charge in [-0.25, -0.2) is 0 Å². The lowest BCUT2D eigenvalue weighted by Crippen LogP contribution is -1.95. The Morgan fingerprint density at radius 1 is 1.27 bits per heavy atom. The average Bonchev–Trinajstić information content (AvgIpc) is 2.28. The molecular formula is C12H14O3. The van der Waals surface area contributed by atoms with E-state index >= 15 is 0 Å². The highest BCUT2D eigenvalue weighted by Crippen LogP contribution is 2.18. The molecule has 0 aliphatic rings. The van der Waals surface area contributed by atoms with Crippen molar-refractivity contribution in [3.63, 3.8) is 0 Å². The number of aliphatic hydroxyl groups is 2. The summed E-state index contributed by atoms with van der Waals surface area (Å²) in [5.74, 6) is 0. The number of hydrogen-bond acceptors (Lipinski definition) is 3. The third-order valence-electron chi connectivity index (χ3n) is 2.32. The van der Waals surface area contributed by atoms with E-state index in [1.165, 1.54) is 6.08 Å². The lowest BCUT2D eigenvalue weighted by molar-refractivity contribution is -0.104. The molecule has 1 aromatic rings. The van der Waals surface area contributed by atoms with Crippen LogP contribution in [0.15, 0.2) is 24.3 Å². The molecule has 0 aromatic heterocycles.